The van der Waals surface area contributed by atoms with Gasteiger partial charge in [-0.05, 0) is 37.2 Å². The standard InChI is InChI=1S/C12H13ClN2OS/c1-3-9-11(16)15(12(17)14-9)10-7(2)5-4-6-8(10)13/h4-6,9H,3H2,1-2H3,(H,14,17). The third kappa shape index (κ3) is 2.03. The lowest BCUT2D eigenvalue weighted by Gasteiger charge is -2.18. The van der Waals surface area contributed by atoms with Crippen LogP contribution in [0.1, 0.15) is 18.9 Å². The Morgan fingerprint density at radius 1 is 1.53 bits per heavy atom. The first kappa shape index (κ1) is 12.3. The molecule has 5 heteroatoms. The van der Waals surface area contributed by atoms with E-state index < -0.39 is 0 Å². The van der Waals surface area contributed by atoms with Gasteiger partial charge < -0.3 is 5.32 Å². The van der Waals surface area contributed by atoms with Crippen LogP contribution in [0.15, 0.2) is 18.2 Å². The summed E-state index contributed by atoms with van der Waals surface area (Å²) in [6.07, 6.45) is 0.707. The molecule has 1 aliphatic rings. The molecular weight excluding hydrogens is 256 g/mol. The summed E-state index contributed by atoms with van der Waals surface area (Å²) in [4.78, 5) is 13.7. The maximum Gasteiger partial charge on any atom is 0.255 e. The number of carbonyl (C=O) groups is 1. The Morgan fingerprint density at radius 3 is 2.76 bits per heavy atom. The molecule has 0 radical (unpaired) electrons. The van der Waals surface area contributed by atoms with Gasteiger partial charge in [0, 0.05) is 0 Å². The van der Waals surface area contributed by atoms with E-state index in [-0.39, 0.29) is 11.9 Å². The molecule has 0 aromatic heterocycles. The maximum absolute atomic E-state index is 12.2. The van der Waals surface area contributed by atoms with Crippen LogP contribution >= 0.6 is 23.8 Å². The van der Waals surface area contributed by atoms with Gasteiger partial charge in [0.25, 0.3) is 5.91 Å². The van der Waals surface area contributed by atoms with E-state index in [1.165, 1.54) is 4.90 Å². The molecule has 1 saturated heterocycles. The van der Waals surface area contributed by atoms with E-state index in [4.69, 9.17) is 23.8 Å². The van der Waals surface area contributed by atoms with Gasteiger partial charge in [0.2, 0.25) is 0 Å². The molecule has 0 spiro atoms. The second kappa shape index (κ2) is 4.63. The quantitative estimate of drug-likeness (QED) is 0.837. The van der Waals surface area contributed by atoms with E-state index in [1.54, 1.807) is 6.07 Å². The first-order valence-electron chi connectivity index (χ1n) is 5.45. The zero-order valence-corrected chi connectivity index (χ0v) is 11.2. The lowest BCUT2D eigenvalue weighted by atomic mass is 10.1. The highest BCUT2D eigenvalue weighted by atomic mass is 35.5. The van der Waals surface area contributed by atoms with Crippen LogP contribution in [0.5, 0.6) is 0 Å². The first-order chi connectivity index (χ1) is 8.06. The number of hydrogen-bond acceptors (Lipinski definition) is 2. The molecule has 1 atom stereocenters. The highest BCUT2D eigenvalue weighted by molar-refractivity contribution is 7.80. The van der Waals surface area contributed by atoms with Crippen LogP contribution in [0, 0.1) is 6.92 Å². The van der Waals surface area contributed by atoms with Gasteiger partial charge >= 0.3 is 0 Å². The van der Waals surface area contributed by atoms with Crippen molar-refractivity contribution in [1.82, 2.24) is 5.32 Å². The molecule has 1 heterocycles. The van der Waals surface area contributed by atoms with Crippen molar-refractivity contribution in [3.8, 4) is 0 Å². The molecule has 0 aliphatic carbocycles. The second-order valence-corrected chi connectivity index (χ2v) is 4.78. The predicted octanol–water partition coefficient (Wildman–Crippen LogP) is 2.65. The Labute approximate surface area is 111 Å². The van der Waals surface area contributed by atoms with Gasteiger partial charge in [-0.2, -0.15) is 0 Å². The van der Waals surface area contributed by atoms with Crippen molar-refractivity contribution >= 4 is 40.5 Å². The number of amides is 1. The normalized spacial score (nSPS) is 19.7. The van der Waals surface area contributed by atoms with Crippen LogP contribution in [0.25, 0.3) is 0 Å². The van der Waals surface area contributed by atoms with Crippen molar-refractivity contribution in [2.75, 3.05) is 4.90 Å². The Bertz CT molecular complexity index is 469. The van der Waals surface area contributed by atoms with E-state index in [9.17, 15) is 4.79 Å². The average molecular weight is 269 g/mol. The summed E-state index contributed by atoms with van der Waals surface area (Å²) in [6.45, 7) is 3.86. The number of halogens is 1. The molecule has 1 aliphatic heterocycles. The summed E-state index contributed by atoms with van der Waals surface area (Å²) < 4.78 is 0. The van der Waals surface area contributed by atoms with Gasteiger partial charge in [-0.3, -0.25) is 9.69 Å². The molecule has 0 saturated carbocycles. The number of nitrogens with zero attached hydrogens (tertiary/aromatic N) is 1. The highest BCUT2D eigenvalue weighted by Crippen LogP contribution is 2.32. The zero-order chi connectivity index (χ0) is 12.6. The van der Waals surface area contributed by atoms with Crippen molar-refractivity contribution in [2.45, 2.75) is 26.3 Å². The van der Waals surface area contributed by atoms with Crippen molar-refractivity contribution in [1.29, 1.82) is 0 Å². The topological polar surface area (TPSA) is 32.3 Å². The molecule has 17 heavy (non-hydrogen) atoms. The molecular formula is C12H13ClN2OS. The number of hydrogen-bond donors (Lipinski definition) is 1. The van der Waals surface area contributed by atoms with Crippen LogP contribution < -0.4 is 10.2 Å². The Balaban J connectivity index is 2.47. The molecule has 1 amide bonds. The smallest absolute Gasteiger partial charge is 0.255 e. The summed E-state index contributed by atoms with van der Waals surface area (Å²) in [7, 11) is 0. The van der Waals surface area contributed by atoms with Crippen LogP contribution in [0.2, 0.25) is 5.02 Å². The molecule has 1 aromatic carbocycles. The molecule has 1 fully saturated rings. The zero-order valence-electron chi connectivity index (χ0n) is 9.66. The number of para-hydroxylation sites is 1. The van der Waals surface area contributed by atoms with E-state index in [0.29, 0.717) is 22.2 Å². The van der Waals surface area contributed by atoms with Gasteiger partial charge in [0.15, 0.2) is 5.11 Å². The van der Waals surface area contributed by atoms with Crippen LogP contribution in [0.3, 0.4) is 0 Å². The molecule has 2 rings (SSSR count). The average Bonchev–Trinajstić information content (AvgIpc) is 2.56. The van der Waals surface area contributed by atoms with Crippen molar-refractivity contribution in [3.63, 3.8) is 0 Å². The number of carbonyl (C=O) groups excluding carboxylic acids is 1. The van der Waals surface area contributed by atoms with Gasteiger partial charge in [0.1, 0.15) is 6.04 Å². The molecule has 1 aromatic rings. The van der Waals surface area contributed by atoms with Gasteiger partial charge in [0.05, 0.1) is 10.7 Å². The van der Waals surface area contributed by atoms with E-state index in [1.807, 2.05) is 26.0 Å². The molecule has 1 unspecified atom stereocenters. The molecule has 1 N–H and O–H groups in total. The van der Waals surface area contributed by atoms with E-state index >= 15 is 0 Å². The minimum atomic E-state index is -0.238. The highest BCUT2D eigenvalue weighted by Gasteiger charge is 2.36. The predicted molar refractivity (Wildman–Crippen MR) is 73.5 cm³/mol. The van der Waals surface area contributed by atoms with Crippen molar-refractivity contribution < 1.29 is 4.79 Å². The van der Waals surface area contributed by atoms with E-state index in [0.717, 1.165) is 5.56 Å². The largest absolute Gasteiger partial charge is 0.350 e. The molecule has 0 bridgehead atoms. The first-order valence-corrected chi connectivity index (χ1v) is 6.24. The number of nitrogens with one attached hydrogen (secondary N) is 1. The molecule has 90 valence electrons. The third-order valence-electron chi connectivity index (χ3n) is 2.84. The van der Waals surface area contributed by atoms with E-state index in [2.05, 4.69) is 5.32 Å². The monoisotopic (exact) mass is 268 g/mol. The summed E-state index contributed by atoms with van der Waals surface area (Å²) in [5.41, 5.74) is 1.62. The Hall–Kier alpha value is -1.13. The van der Waals surface area contributed by atoms with Crippen molar-refractivity contribution in [3.05, 3.63) is 28.8 Å². The Morgan fingerprint density at radius 2 is 2.24 bits per heavy atom. The van der Waals surface area contributed by atoms with Gasteiger partial charge in [-0.25, -0.2) is 0 Å². The maximum atomic E-state index is 12.2. The number of rotatable bonds is 2. The number of aryl methyl sites for hydroxylation is 1. The summed E-state index contributed by atoms with van der Waals surface area (Å²) in [5.74, 6) is -0.0336. The number of anilines is 1. The minimum Gasteiger partial charge on any atom is -0.350 e. The lowest BCUT2D eigenvalue weighted by molar-refractivity contribution is -0.118. The fourth-order valence-electron chi connectivity index (χ4n) is 1.93. The summed E-state index contributed by atoms with van der Waals surface area (Å²) in [6, 6.07) is 5.29. The molecule has 3 nitrogen and oxygen atoms in total. The van der Waals surface area contributed by atoms with Crippen LogP contribution in [0.4, 0.5) is 5.69 Å². The SMILES string of the molecule is CCC1NC(=S)N(c2c(C)cccc2Cl)C1=O. The minimum absolute atomic E-state index is 0.0336. The number of benzene rings is 1. The Kier molecular flexibility index (Phi) is 3.35. The third-order valence-corrected chi connectivity index (χ3v) is 3.45. The van der Waals surface area contributed by atoms with Crippen LogP contribution in [-0.2, 0) is 4.79 Å². The summed E-state index contributed by atoms with van der Waals surface area (Å²) >= 11 is 11.3. The fraction of sp³-hybridized carbons (Fsp3) is 0.333. The van der Waals surface area contributed by atoms with Gasteiger partial charge in [-0.15, -0.1) is 0 Å². The lowest BCUT2D eigenvalue weighted by Crippen LogP contribution is -2.31. The fourth-order valence-corrected chi connectivity index (χ4v) is 2.56. The van der Waals surface area contributed by atoms with Gasteiger partial charge in [-0.1, -0.05) is 30.7 Å². The summed E-state index contributed by atoms with van der Waals surface area (Å²) in [5, 5.41) is 3.98. The van der Waals surface area contributed by atoms with Crippen molar-refractivity contribution in [2.24, 2.45) is 0 Å². The van der Waals surface area contributed by atoms with Crippen LogP contribution in [-0.4, -0.2) is 17.1 Å². The number of thiocarbonyl (C=S) groups is 1. The second-order valence-electron chi connectivity index (χ2n) is 3.99.